The van der Waals surface area contributed by atoms with Gasteiger partial charge in [-0.15, -0.1) is 11.6 Å². The summed E-state index contributed by atoms with van der Waals surface area (Å²) in [5.74, 6) is -0.452. The molecule has 2 aromatic rings. The number of methoxy groups -OCH3 is 2. The van der Waals surface area contributed by atoms with Crippen molar-refractivity contribution in [1.82, 2.24) is 4.98 Å². The minimum Gasteiger partial charge on any atom is -0.506 e. The summed E-state index contributed by atoms with van der Waals surface area (Å²) in [5, 5.41) is 10.9. The lowest BCUT2D eigenvalue weighted by Gasteiger charge is -2.15. The first-order valence-electron chi connectivity index (χ1n) is 6.90. The van der Waals surface area contributed by atoms with Crippen LogP contribution in [0.25, 0.3) is 10.9 Å². The van der Waals surface area contributed by atoms with E-state index in [1.807, 2.05) is 0 Å². The molecule has 2 N–H and O–H groups in total. The van der Waals surface area contributed by atoms with Gasteiger partial charge in [-0.3, -0.25) is 4.90 Å². The summed E-state index contributed by atoms with van der Waals surface area (Å²) >= 11 is 6.04. The number of nitrogens with zero attached hydrogens (tertiary/aromatic N) is 1. The number of anilines is 1. The zero-order chi connectivity index (χ0) is 16.7. The maximum absolute atomic E-state index is 11.9. The number of hydrogen-bond acceptors (Lipinski definition) is 5. The van der Waals surface area contributed by atoms with E-state index in [1.165, 1.54) is 25.2 Å². The fraction of sp³-hybridized carbons (Fsp3) is 0.333. The van der Waals surface area contributed by atoms with Crippen molar-refractivity contribution in [2.45, 2.75) is 5.92 Å². The van der Waals surface area contributed by atoms with Crippen molar-refractivity contribution < 1.29 is 24.2 Å². The maximum Gasteiger partial charge on any atom is 0.414 e. The van der Waals surface area contributed by atoms with E-state index in [0.29, 0.717) is 29.0 Å². The summed E-state index contributed by atoms with van der Waals surface area (Å²) in [7, 11) is 2.57. The van der Waals surface area contributed by atoms with Crippen molar-refractivity contribution in [3.8, 4) is 5.75 Å². The number of esters is 1. The highest BCUT2D eigenvalue weighted by molar-refractivity contribution is 6.19. The zero-order valence-electron chi connectivity index (χ0n) is 12.6. The molecule has 0 fully saturated rings. The van der Waals surface area contributed by atoms with Crippen LogP contribution in [-0.2, 0) is 9.47 Å². The molecule has 0 aliphatic carbocycles. The highest BCUT2D eigenvalue weighted by Crippen LogP contribution is 2.45. The zero-order valence-corrected chi connectivity index (χ0v) is 13.3. The molecule has 1 amide bonds. The third-order valence-electron chi connectivity index (χ3n) is 4.00. The van der Waals surface area contributed by atoms with Gasteiger partial charge in [0.25, 0.3) is 0 Å². The Balaban J connectivity index is 2.25. The molecule has 8 heteroatoms. The molecule has 0 saturated carbocycles. The first kappa shape index (κ1) is 15.5. The molecule has 1 aromatic heterocycles. The molecule has 1 aliphatic rings. The number of nitrogens with one attached hydrogen (secondary N) is 1. The predicted octanol–water partition coefficient (Wildman–Crippen LogP) is 2.57. The topological polar surface area (TPSA) is 91.9 Å². The Kier molecular flexibility index (Phi) is 3.81. The second-order valence-corrected chi connectivity index (χ2v) is 5.53. The minimum atomic E-state index is -0.542. The molecule has 3 rings (SSSR count). The number of phenols is 1. The lowest BCUT2D eigenvalue weighted by molar-refractivity contribution is 0.0595. The average molecular weight is 339 g/mol. The number of H-pyrrole nitrogens is 1. The molecule has 0 radical (unpaired) electrons. The van der Waals surface area contributed by atoms with E-state index < -0.39 is 12.1 Å². The number of amides is 1. The standard InChI is InChI=1S/C15H15ClN2O5/c1-22-14(20)9-3-8-12-7(5-16)6-18(15(21)23-2)10(12)4-11(19)13(8)17-9/h3-4,7,17,19H,5-6H2,1-2H3. The molecule has 2 heterocycles. The van der Waals surface area contributed by atoms with Crippen LogP contribution >= 0.6 is 11.6 Å². The molecular formula is C15H15ClN2O5. The van der Waals surface area contributed by atoms with Gasteiger partial charge in [-0.1, -0.05) is 0 Å². The molecule has 7 nitrogen and oxygen atoms in total. The monoisotopic (exact) mass is 338 g/mol. The smallest absolute Gasteiger partial charge is 0.414 e. The van der Waals surface area contributed by atoms with E-state index in [1.54, 1.807) is 6.07 Å². The summed E-state index contributed by atoms with van der Waals surface area (Å²) in [6, 6.07) is 3.07. The number of ether oxygens (including phenoxy) is 2. The third-order valence-corrected chi connectivity index (χ3v) is 4.37. The first-order chi connectivity index (χ1) is 11.0. The lowest BCUT2D eigenvalue weighted by Crippen LogP contribution is -2.29. The number of benzene rings is 1. The molecule has 1 unspecified atom stereocenters. The number of aromatic nitrogens is 1. The van der Waals surface area contributed by atoms with Gasteiger partial charge in [-0.2, -0.15) is 0 Å². The van der Waals surface area contributed by atoms with Crippen LogP contribution in [0, 0.1) is 0 Å². The molecule has 0 spiro atoms. The minimum absolute atomic E-state index is 0.0713. The lowest BCUT2D eigenvalue weighted by atomic mass is 9.98. The molecular weight excluding hydrogens is 324 g/mol. The van der Waals surface area contributed by atoms with Crippen molar-refractivity contribution in [2.75, 3.05) is 31.5 Å². The van der Waals surface area contributed by atoms with Gasteiger partial charge in [0.1, 0.15) is 11.4 Å². The molecule has 23 heavy (non-hydrogen) atoms. The second kappa shape index (κ2) is 5.66. The SMILES string of the molecule is COC(=O)c1cc2c3c(cc(O)c2[nH]1)N(C(=O)OC)CC3CCl. The van der Waals surface area contributed by atoms with Crippen molar-refractivity contribution in [2.24, 2.45) is 0 Å². The summed E-state index contributed by atoms with van der Waals surface area (Å²) in [6.07, 6.45) is -0.527. The average Bonchev–Trinajstić information content (AvgIpc) is 3.15. The Morgan fingerprint density at radius 3 is 2.74 bits per heavy atom. The van der Waals surface area contributed by atoms with Crippen molar-refractivity contribution in [3.63, 3.8) is 0 Å². The summed E-state index contributed by atoms with van der Waals surface area (Å²) in [4.78, 5) is 27.9. The van der Waals surface area contributed by atoms with Crippen LogP contribution in [0.4, 0.5) is 10.5 Å². The predicted molar refractivity (Wildman–Crippen MR) is 84.5 cm³/mol. The second-order valence-electron chi connectivity index (χ2n) is 5.22. The van der Waals surface area contributed by atoms with E-state index in [2.05, 4.69) is 4.98 Å². The Bertz CT molecular complexity index is 801. The number of carbonyl (C=O) groups excluding carboxylic acids is 2. The van der Waals surface area contributed by atoms with Crippen LogP contribution in [0.5, 0.6) is 5.75 Å². The van der Waals surface area contributed by atoms with Crippen LogP contribution in [-0.4, -0.2) is 48.8 Å². The molecule has 0 bridgehead atoms. The van der Waals surface area contributed by atoms with E-state index in [-0.39, 0.29) is 17.4 Å². The molecule has 1 atom stereocenters. The Morgan fingerprint density at radius 1 is 1.39 bits per heavy atom. The number of carbonyl (C=O) groups is 2. The summed E-state index contributed by atoms with van der Waals surface area (Å²) < 4.78 is 9.47. The number of phenolic OH excluding ortho intramolecular Hbond substituents is 1. The number of hydrogen-bond donors (Lipinski definition) is 2. The number of fused-ring (bicyclic) bond motifs is 3. The molecule has 1 aromatic carbocycles. The van der Waals surface area contributed by atoms with Gasteiger partial charge < -0.3 is 19.6 Å². The van der Waals surface area contributed by atoms with Gasteiger partial charge in [-0.05, 0) is 11.6 Å². The van der Waals surface area contributed by atoms with Crippen molar-refractivity contribution in [1.29, 1.82) is 0 Å². The Labute approximate surface area is 136 Å². The number of alkyl halides is 1. The van der Waals surface area contributed by atoms with Gasteiger partial charge in [0.05, 0.1) is 25.4 Å². The molecule has 0 saturated heterocycles. The highest BCUT2D eigenvalue weighted by Gasteiger charge is 2.35. The van der Waals surface area contributed by atoms with Crippen LogP contribution in [0.2, 0.25) is 0 Å². The fourth-order valence-electron chi connectivity index (χ4n) is 2.98. The molecule has 1 aliphatic heterocycles. The first-order valence-corrected chi connectivity index (χ1v) is 7.43. The number of rotatable bonds is 2. The maximum atomic E-state index is 11.9. The van der Waals surface area contributed by atoms with Crippen LogP contribution < -0.4 is 4.90 Å². The van der Waals surface area contributed by atoms with E-state index in [0.717, 1.165) is 5.56 Å². The van der Waals surface area contributed by atoms with Crippen LogP contribution in [0.1, 0.15) is 22.0 Å². The van der Waals surface area contributed by atoms with E-state index in [9.17, 15) is 14.7 Å². The van der Waals surface area contributed by atoms with Gasteiger partial charge >= 0.3 is 12.1 Å². The van der Waals surface area contributed by atoms with Gasteiger partial charge in [-0.25, -0.2) is 9.59 Å². The van der Waals surface area contributed by atoms with Gasteiger partial charge in [0.15, 0.2) is 0 Å². The summed E-state index contributed by atoms with van der Waals surface area (Å²) in [6.45, 7) is 0.350. The van der Waals surface area contributed by atoms with E-state index in [4.69, 9.17) is 21.1 Å². The quantitative estimate of drug-likeness (QED) is 0.648. The third kappa shape index (κ3) is 2.28. The van der Waals surface area contributed by atoms with Crippen molar-refractivity contribution >= 4 is 40.3 Å². The normalized spacial score (nSPS) is 16.5. The number of aromatic hydroxyl groups is 1. The number of aromatic amines is 1. The Morgan fingerprint density at radius 2 is 2.13 bits per heavy atom. The molecule has 122 valence electrons. The van der Waals surface area contributed by atoms with E-state index >= 15 is 0 Å². The van der Waals surface area contributed by atoms with Gasteiger partial charge in [0.2, 0.25) is 0 Å². The van der Waals surface area contributed by atoms with Gasteiger partial charge in [0, 0.05) is 29.8 Å². The van der Waals surface area contributed by atoms with Crippen LogP contribution in [0.3, 0.4) is 0 Å². The number of halogens is 1. The highest BCUT2D eigenvalue weighted by atomic mass is 35.5. The fourth-order valence-corrected chi connectivity index (χ4v) is 3.23. The largest absolute Gasteiger partial charge is 0.506 e. The van der Waals surface area contributed by atoms with Crippen LogP contribution in [0.15, 0.2) is 12.1 Å². The Hall–Kier alpha value is -2.41. The summed E-state index contributed by atoms with van der Waals surface area (Å²) in [5.41, 5.74) is 1.95. The van der Waals surface area contributed by atoms with Crippen molar-refractivity contribution in [3.05, 3.63) is 23.4 Å².